The van der Waals surface area contributed by atoms with E-state index in [0.29, 0.717) is 11.5 Å². The smallest absolute Gasteiger partial charge is 0.246 e. The molecule has 0 fully saturated rings. The van der Waals surface area contributed by atoms with Gasteiger partial charge in [0.1, 0.15) is 11.7 Å². The number of hydrogen-bond acceptors (Lipinski definition) is 7. The van der Waals surface area contributed by atoms with E-state index >= 15 is 0 Å². The zero-order valence-corrected chi connectivity index (χ0v) is 7.94. The van der Waals surface area contributed by atoms with Gasteiger partial charge in [0.05, 0.1) is 12.1 Å². The summed E-state index contributed by atoms with van der Waals surface area (Å²) < 4.78 is 4.86. The zero-order valence-electron chi connectivity index (χ0n) is 7.12. The fourth-order valence-corrected chi connectivity index (χ4v) is 1.42. The lowest BCUT2D eigenvalue weighted by Crippen LogP contribution is -2.14. The molecule has 0 unspecified atom stereocenters. The van der Waals surface area contributed by atoms with Gasteiger partial charge in [0, 0.05) is 5.38 Å². The molecular formula is C7H8N4O2S. The summed E-state index contributed by atoms with van der Waals surface area (Å²) in [5, 5.41) is 14.3. The Morgan fingerprint density at radius 3 is 3.14 bits per heavy atom. The second-order valence-electron chi connectivity index (χ2n) is 2.62. The van der Waals surface area contributed by atoms with Crippen molar-refractivity contribution in [3.05, 3.63) is 16.8 Å². The Labute approximate surface area is 83.4 Å². The molecule has 2 aromatic heterocycles. The van der Waals surface area contributed by atoms with Crippen molar-refractivity contribution in [1.82, 2.24) is 15.1 Å². The molecule has 0 aliphatic rings. The lowest BCUT2D eigenvalue weighted by molar-refractivity contribution is 0.237. The van der Waals surface area contributed by atoms with Gasteiger partial charge >= 0.3 is 0 Å². The quantitative estimate of drug-likeness (QED) is 0.753. The first kappa shape index (κ1) is 9.25. The van der Waals surface area contributed by atoms with Gasteiger partial charge in [-0.05, 0) is 0 Å². The molecular weight excluding hydrogens is 204 g/mol. The number of nitrogens with two attached hydrogens (primary N) is 1. The molecule has 14 heavy (non-hydrogen) atoms. The maximum atomic E-state index is 8.76. The van der Waals surface area contributed by atoms with Crippen LogP contribution in [0.4, 0.5) is 0 Å². The molecule has 0 bridgehead atoms. The van der Waals surface area contributed by atoms with Gasteiger partial charge in [0.2, 0.25) is 11.7 Å². The summed E-state index contributed by atoms with van der Waals surface area (Å²) in [5.41, 5.74) is 7.82. The van der Waals surface area contributed by atoms with Crippen molar-refractivity contribution in [2.45, 2.75) is 6.04 Å². The molecule has 0 saturated heterocycles. The van der Waals surface area contributed by atoms with E-state index < -0.39 is 6.04 Å². The summed E-state index contributed by atoms with van der Waals surface area (Å²) in [5.74, 6) is 0.612. The van der Waals surface area contributed by atoms with Gasteiger partial charge < -0.3 is 15.4 Å². The van der Waals surface area contributed by atoms with E-state index in [2.05, 4.69) is 15.1 Å². The number of hydrogen-bond donors (Lipinski definition) is 2. The van der Waals surface area contributed by atoms with Gasteiger partial charge in [-0.1, -0.05) is 5.16 Å². The third-order valence-corrected chi connectivity index (χ3v) is 2.20. The first-order valence-electron chi connectivity index (χ1n) is 3.90. The topological polar surface area (TPSA) is 98.1 Å². The van der Waals surface area contributed by atoms with Crippen molar-refractivity contribution in [2.75, 3.05) is 6.61 Å². The van der Waals surface area contributed by atoms with E-state index in [-0.39, 0.29) is 12.5 Å². The fraction of sp³-hybridized carbons (Fsp3) is 0.286. The molecule has 0 radical (unpaired) electrons. The Morgan fingerprint density at radius 2 is 2.50 bits per heavy atom. The van der Waals surface area contributed by atoms with Crippen LogP contribution in [-0.4, -0.2) is 26.8 Å². The van der Waals surface area contributed by atoms with Crippen LogP contribution in [0.1, 0.15) is 11.9 Å². The van der Waals surface area contributed by atoms with E-state index in [4.69, 9.17) is 15.4 Å². The SMILES string of the molecule is N[C@H](CO)c1nc(-c2cscn2)no1. The van der Waals surface area contributed by atoms with E-state index in [1.807, 2.05) is 0 Å². The lowest BCUT2D eigenvalue weighted by atomic mass is 10.3. The van der Waals surface area contributed by atoms with Crippen molar-refractivity contribution >= 4 is 11.3 Å². The standard InChI is InChI=1S/C7H8N4O2S/c8-4(1-12)7-10-6(11-13-7)5-2-14-3-9-5/h2-4,12H,1,8H2/t4-/m1/s1. The van der Waals surface area contributed by atoms with Crippen LogP contribution in [0.15, 0.2) is 15.4 Å². The molecule has 3 N–H and O–H groups in total. The Balaban J connectivity index is 2.26. The highest BCUT2D eigenvalue weighted by Crippen LogP contribution is 2.17. The second-order valence-corrected chi connectivity index (χ2v) is 3.34. The predicted octanol–water partition coefficient (Wildman–Crippen LogP) is 0.185. The number of aliphatic hydroxyl groups excluding tert-OH is 1. The van der Waals surface area contributed by atoms with Crippen LogP contribution in [0.3, 0.4) is 0 Å². The van der Waals surface area contributed by atoms with Crippen LogP contribution in [0.5, 0.6) is 0 Å². The normalized spacial score (nSPS) is 13.0. The molecule has 2 heterocycles. The highest BCUT2D eigenvalue weighted by atomic mass is 32.1. The summed E-state index contributed by atoms with van der Waals surface area (Å²) in [6, 6.07) is -0.630. The van der Waals surface area contributed by atoms with Gasteiger partial charge in [0.15, 0.2) is 0 Å². The molecule has 1 atom stereocenters. The lowest BCUT2D eigenvalue weighted by Gasteiger charge is -1.98. The molecule has 2 rings (SSSR count). The Hall–Kier alpha value is -1.31. The molecule has 2 aromatic rings. The van der Waals surface area contributed by atoms with Crippen LogP contribution in [0.25, 0.3) is 11.5 Å². The summed E-state index contributed by atoms with van der Waals surface area (Å²) >= 11 is 1.44. The maximum Gasteiger partial charge on any atom is 0.246 e. The molecule has 0 saturated carbocycles. The summed E-state index contributed by atoms with van der Waals surface area (Å²) in [7, 11) is 0. The average molecular weight is 212 g/mol. The highest BCUT2D eigenvalue weighted by Gasteiger charge is 2.15. The number of aliphatic hydroxyl groups is 1. The average Bonchev–Trinajstić information content (AvgIpc) is 2.86. The highest BCUT2D eigenvalue weighted by molar-refractivity contribution is 7.07. The minimum absolute atomic E-state index is 0.218. The Kier molecular flexibility index (Phi) is 2.53. The van der Waals surface area contributed by atoms with Crippen LogP contribution in [0, 0.1) is 0 Å². The zero-order chi connectivity index (χ0) is 9.97. The molecule has 0 aliphatic carbocycles. The molecule has 7 heteroatoms. The van der Waals surface area contributed by atoms with E-state index in [1.54, 1.807) is 10.9 Å². The van der Waals surface area contributed by atoms with Crippen LogP contribution >= 0.6 is 11.3 Å². The van der Waals surface area contributed by atoms with Crippen molar-refractivity contribution < 1.29 is 9.63 Å². The first-order valence-corrected chi connectivity index (χ1v) is 4.84. The Morgan fingerprint density at radius 1 is 1.64 bits per heavy atom. The van der Waals surface area contributed by atoms with Gasteiger partial charge in [-0.15, -0.1) is 11.3 Å². The number of nitrogens with zero attached hydrogens (tertiary/aromatic N) is 3. The van der Waals surface area contributed by atoms with Crippen LogP contribution in [-0.2, 0) is 0 Å². The van der Waals surface area contributed by atoms with Crippen molar-refractivity contribution in [3.8, 4) is 11.5 Å². The molecule has 0 aliphatic heterocycles. The van der Waals surface area contributed by atoms with Gasteiger partial charge in [0.25, 0.3) is 0 Å². The molecule has 0 aromatic carbocycles. The number of rotatable bonds is 3. The van der Waals surface area contributed by atoms with Crippen molar-refractivity contribution in [1.29, 1.82) is 0 Å². The minimum Gasteiger partial charge on any atom is -0.394 e. The van der Waals surface area contributed by atoms with E-state index in [1.165, 1.54) is 11.3 Å². The minimum atomic E-state index is -0.630. The van der Waals surface area contributed by atoms with Crippen molar-refractivity contribution in [3.63, 3.8) is 0 Å². The van der Waals surface area contributed by atoms with Gasteiger partial charge in [-0.3, -0.25) is 0 Å². The first-order chi connectivity index (χ1) is 6.81. The second kappa shape index (κ2) is 3.82. The molecule has 74 valence electrons. The van der Waals surface area contributed by atoms with Crippen LogP contribution < -0.4 is 5.73 Å². The molecule has 0 spiro atoms. The Bertz CT molecular complexity index is 399. The monoisotopic (exact) mass is 212 g/mol. The number of thiazole rings is 1. The predicted molar refractivity (Wildman–Crippen MR) is 49.4 cm³/mol. The summed E-state index contributed by atoms with van der Waals surface area (Å²) in [6.45, 7) is -0.224. The summed E-state index contributed by atoms with van der Waals surface area (Å²) in [4.78, 5) is 8.02. The summed E-state index contributed by atoms with van der Waals surface area (Å²) in [6.07, 6.45) is 0. The molecule has 0 amide bonds. The van der Waals surface area contributed by atoms with E-state index in [9.17, 15) is 0 Å². The molecule has 6 nitrogen and oxygen atoms in total. The third kappa shape index (κ3) is 1.65. The van der Waals surface area contributed by atoms with E-state index in [0.717, 1.165) is 0 Å². The van der Waals surface area contributed by atoms with Gasteiger partial charge in [-0.2, -0.15) is 4.98 Å². The van der Waals surface area contributed by atoms with Crippen LogP contribution in [0.2, 0.25) is 0 Å². The van der Waals surface area contributed by atoms with Crippen molar-refractivity contribution in [2.24, 2.45) is 5.73 Å². The fourth-order valence-electron chi connectivity index (χ4n) is 0.891. The maximum absolute atomic E-state index is 8.76. The number of aromatic nitrogens is 3. The van der Waals surface area contributed by atoms with Gasteiger partial charge in [-0.25, -0.2) is 4.98 Å². The third-order valence-electron chi connectivity index (χ3n) is 1.62. The largest absolute Gasteiger partial charge is 0.394 e.